The highest BCUT2D eigenvalue weighted by atomic mass is 28.3. The zero-order valence-electron chi connectivity index (χ0n) is 12.0. The first-order valence-corrected chi connectivity index (χ1v) is 10.3. The Morgan fingerprint density at radius 1 is 1.17 bits per heavy atom. The SMILES string of the molecule is COC1CC(NCc2ccc([Si](C)(C)C)cc2)C1. The van der Waals surface area contributed by atoms with Crippen molar-refractivity contribution in [3.05, 3.63) is 29.8 Å². The van der Waals surface area contributed by atoms with Crippen molar-refractivity contribution in [3.8, 4) is 0 Å². The van der Waals surface area contributed by atoms with Crippen LogP contribution >= 0.6 is 0 Å². The summed E-state index contributed by atoms with van der Waals surface area (Å²) in [5.74, 6) is 0. The molecule has 1 aliphatic carbocycles. The molecule has 0 unspecified atom stereocenters. The molecule has 0 amide bonds. The Hall–Kier alpha value is -0.643. The Morgan fingerprint density at radius 2 is 1.78 bits per heavy atom. The second kappa shape index (κ2) is 5.55. The Bertz CT molecular complexity index is 376. The number of hydrogen-bond donors (Lipinski definition) is 1. The lowest BCUT2D eigenvalue weighted by Crippen LogP contribution is -2.44. The molecule has 1 aliphatic rings. The van der Waals surface area contributed by atoms with Crippen molar-refractivity contribution in [2.75, 3.05) is 7.11 Å². The largest absolute Gasteiger partial charge is 0.381 e. The summed E-state index contributed by atoms with van der Waals surface area (Å²) in [6.07, 6.45) is 2.80. The molecule has 18 heavy (non-hydrogen) atoms. The average Bonchev–Trinajstić information content (AvgIpc) is 2.27. The maximum Gasteiger partial charge on any atom is 0.0775 e. The minimum absolute atomic E-state index is 0.483. The zero-order valence-corrected chi connectivity index (χ0v) is 13.0. The molecule has 3 heteroatoms. The van der Waals surface area contributed by atoms with Crippen LogP contribution in [0.1, 0.15) is 18.4 Å². The Labute approximate surface area is 112 Å². The van der Waals surface area contributed by atoms with Gasteiger partial charge in [0, 0.05) is 19.7 Å². The van der Waals surface area contributed by atoms with Crippen LogP contribution in [-0.2, 0) is 11.3 Å². The lowest BCUT2D eigenvalue weighted by Gasteiger charge is -2.34. The van der Waals surface area contributed by atoms with Gasteiger partial charge in [0.1, 0.15) is 0 Å². The highest BCUT2D eigenvalue weighted by Gasteiger charge is 2.28. The van der Waals surface area contributed by atoms with Gasteiger partial charge in [0.05, 0.1) is 14.2 Å². The van der Waals surface area contributed by atoms with Gasteiger partial charge in [-0.05, 0) is 18.4 Å². The summed E-state index contributed by atoms with van der Waals surface area (Å²) in [6, 6.07) is 9.80. The van der Waals surface area contributed by atoms with Gasteiger partial charge < -0.3 is 10.1 Å². The van der Waals surface area contributed by atoms with Gasteiger partial charge in [-0.15, -0.1) is 0 Å². The summed E-state index contributed by atoms with van der Waals surface area (Å²) in [5.41, 5.74) is 1.39. The normalized spacial score (nSPS) is 23.8. The third-order valence-corrected chi connectivity index (χ3v) is 5.91. The van der Waals surface area contributed by atoms with Gasteiger partial charge >= 0.3 is 0 Å². The van der Waals surface area contributed by atoms with Crippen LogP contribution in [-0.4, -0.2) is 27.3 Å². The molecule has 1 saturated carbocycles. The number of rotatable bonds is 5. The van der Waals surface area contributed by atoms with E-state index in [4.69, 9.17) is 4.74 Å². The van der Waals surface area contributed by atoms with Crippen LogP contribution in [0.4, 0.5) is 0 Å². The van der Waals surface area contributed by atoms with E-state index in [1.54, 1.807) is 7.11 Å². The monoisotopic (exact) mass is 263 g/mol. The van der Waals surface area contributed by atoms with Gasteiger partial charge in [-0.25, -0.2) is 0 Å². The average molecular weight is 263 g/mol. The van der Waals surface area contributed by atoms with Crippen molar-refractivity contribution in [1.82, 2.24) is 5.32 Å². The van der Waals surface area contributed by atoms with Gasteiger partial charge in [-0.3, -0.25) is 0 Å². The Morgan fingerprint density at radius 3 is 2.28 bits per heavy atom. The summed E-state index contributed by atoms with van der Waals surface area (Å²) in [6.45, 7) is 8.14. The number of nitrogens with one attached hydrogen (secondary N) is 1. The van der Waals surface area contributed by atoms with Gasteiger partial charge in [-0.2, -0.15) is 0 Å². The highest BCUT2D eigenvalue weighted by Crippen LogP contribution is 2.22. The molecule has 0 aromatic heterocycles. The molecule has 0 heterocycles. The van der Waals surface area contributed by atoms with E-state index in [1.165, 1.54) is 10.8 Å². The first kappa shape index (κ1) is 13.8. The molecule has 1 aromatic carbocycles. The summed E-state index contributed by atoms with van der Waals surface area (Å²) in [7, 11) is 0.654. The van der Waals surface area contributed by atoms with E-state index in [0.29, 0.717) is 12.1 Å². The summed E-state index contributed by atoms with van der Waals surface area (Å²) >= 11 is 0. The van der Waals surface area contributed by atoms with Crippen LogP contribution < -0.4 is 10.5 Å². The third kappa shape index (κ3) is 3.43. The fourth-order valence-corrected chi connectivity index (χ4v) is 3.48. The summed E-state index contributed by atoms with van der Waals surface area (Å²) < 4.78 is 5.29. The summed E-state index contributed by atoms with van der Waals surface area (Å²) in [5, 5.41) is 5.13. The van der Waals surface area contributed by atoms with Crippen molar-refractivity contribution in [1.29, 1.82) is 0 Å². The van der Waals surface area contributed by atoms with E-state index in [2.05, 4.69) is 49.2 Å². The maximum atomic E-state index is 5.29. The fraction of sp³-hybridized carbons (Fsp3) is 0.600. The molecule has 0 saturated heterocycles. The molecular weight excluding hydrogens is 238 g/mol. The molecule has 1 fully saturated rings. The van der Waals surface area contributed by atoms with E-state index in [1.807, 2.05) is 0 Å². The van der Waals surface area contributed by atoms with Crippen LogP contribution in [0, 0.1) is 0 Å². The molecule has 2 nitrogen and oxygen atoms in total. The van der Waals surface area contributed by atoms with E-state index in [0.717, 1.165) is 19.4 Å². The third-order valence-electron chi connectivity index (χ3n) is 3.84. The van der Waals surface area contributed by atoms with Crippen molar-refractivity contribution >= 4 is 13.3 Å². The van der Waals surface area contributed by atoms with Crippen LogP contribution in [0.25, 0.3) is 0 Å². The number of hydrogen-bond acceptors (Lipinski definition) is 2. The number of benzene rings is 1. The molecular formula is C15H25NOSi. The second-order valence-electron chi connectivity index (χ2n) is 6.35. The first-order valence-electron chi connectivity index (χ1n) is 6.84. The van der Waals surface area contributed by atoms with Gasteiger partial charge in [0.2, 0.25) is 0 Å². The maximum absolute atomic E-state index is 5.29. The molecule has 1 aromatic rings. The van der Waals surface area contributed by atoms with Gasteiger partial charge in [-0.1, -0.05) is 49.1 Å². The van der Waals surface area contributed by atoms with E-state index in [9.17, 15) is 0 Å². The van der Waals surface area contributed by atoms with Gasteiger partial charge in [0.25, 0.3) is 0 Å². The van der Waals surface area contributed by atoms with Crippen molar-refractivity contribution < 1.29 is 4.74 Å². The zero-order chi connectivity index (χ0) is 13.2. The topological polar surface area (TPSA) is 21.3 Å². The molecule has 0 bridgehead atoms. The van der Waals surface area contributed by atoms with Crippen molar-refractivity contribution in [2.24, 2.45) is 0 Å². The van der Waals surface area contributed by atoms with Gasteiger partial charge in [0.15, 0.2) is 0 Å². The minimum Gasteiger partial charge on any atom is -0.381 e. The number of methoxy groups -OCH3 is 1. The molecule has 0 atom stereocenters. The molecule has 100 valence electrons. The highest BCUT2D eigenvalue weighted by molar-refractivity contribution is 6.88. The quantitative estimate of drug-likeness (QED) is 0.824. The lowest BCUT2D eigenvalue weighted by molar-refractivity contribution is 0.0170. The summed E-state index contributed by atoms with van der Waals surface area (Å²) in [4.78, 5) is 0. The smallest absolute Gasteiger partial charge is 0.0775 e. The standard InChI is InChI=1S/C15H25NOSi/c1-17-14-9-13(10-14)16-11-12-5-7-15(8-6-12)18(2,3)4/h5-8,13-14,16H,9-11H2,1-4H3. The first-order chi connectivity index (χ1) is 8.49. The second-order valence-corrected chi connectivity index (χ2v) is 11.4. The van der Waals surface area contributed by atoms with Crippen molar-refractivity contribution in [3.63, 3.8) is 0 Å². The predicted molar refractivity (Wildman–Crippen MR) is 80.1 cm³/mol. The van der Waals surface area contributed by atoms with Crippen LogP contribution in [0.2, 0.25) is 19.6 Å². The molecule has 0 spiro atoms. The van der Waals surface area contributed by atoms with Crippen molar-refractivity contribution in [2.45, 2.75) is 51.2 Å². The number of ether oxygens (including phenoxy) is 1. The molecule has 2 rings (SSSR count). The van der Waals surface area contributed by atoms with Crippen LogP contribution in [0.5, 0.6) is 0 Å². The Balaban J connectivity index is 1.81. The molecule has 1 N–H and O–H groups in total. The van der Waals surface area contributed by atoms with E-state index in [-0.39, 0.29) is 0 Å². The predicted octanol–water partition coefficient (Wildman–Crippen LogP) is 2.50. The molecule has 0 aliphatic heterocycles. The minimum atomic E-state index is -1.15. The lowest BCUT2D eigenvalue weighted by atomic mass is 9.89. The van der Waals surface area contributed by atoms with E-state index < -0.39 is 8.07 Å². The molecule has 0 radical (unpaired) electrons. The van der Waals surface area contributed by atoms with E-state index >= 15 is 0 Å². The Kier molecular flexibility index (Phi) is 4.25. The van der Waals surface area contributed by atoms with Crippen LogP contribution in [0.3, 0.4) is 0 Å². The van der Waals surface area contributed by atoms with Crippen LogP contribution in [0.15, 0.2) is 24.3 Å². The fourth-order valence-electron chi connectivity index (χ4n) is 2.31.